The van der Waals surface area contributed by atoms with E-state index in [2.05, 4.69) is 26.7 Å². The molecule has 0 unspecified atom stereocenters. The van der Waals surface area contributed by atoms with Gasteiger partial charge in [-0.3, -0.25) is 0 Å². The molecule has 0 aliphatic carbocycles. The summed E-state index contributed by atoms with van der Waals surface area (Å²) in [4.78, 5) is 4.16. The summed E-state index contributed by atoms with van der Waals surface area (Å²) in [5, 5.41) is 1.80. The van der Waals surface area contributed by atoms with Gasteiger partial charge in [0, 0.05) is 18.6 Å². The first-order valence-corrected chi connectivity index (χ1v) is 4.17. The highest BCUT2D eigenvalue weighted by Crippen LogP contribution is 2.13. The number of nitrogens with one attached hydrogen (secondary N) is 1. The summed E-state index contributed by atoms with van der Waals surface area (Å²) in [6, 6.07) is 5.74. The molecule has 0 radical (unpaired) electrons. The van der Waals surface area contributed by atoms with E-state index in [1.807, 2.05) is 30.6 Å². The standard InChI is InChI=1S/C7H7BrN4/c8-12-6-5-11(10-12)7-3-1-2-4-9-7/h1-6,10H. The second-order valence-corrected chi connectivity index (χ2v) is 3.03. The molecule has 12 heavy (non-hydrogen) atoms. The predicted octanol–water partition coefficient (Wildman–Crippen LogP) is 1.40. The third-order valence-electron chi connectivity index (χ3n) is 1.45. The van der Waals surface area contributed by atoms with Crippen LogP contribution in [0.3, 0.4) is 0 Å². The van der Waals surface area contributed by atoms with Crippen molar-refractivity contribution in [1.29, 1.82) is 0 Å². The van der Waals surface area contributed by atoms with Gasteiger partial charge in [-0.25, -0.2) is 14.0 Å². The van der Waals surface area contributed by atoms with Crippen molar-refractivity contribution in [3.63, 3.8) is 0 Å². The maximum Gasteiger partial charge on any atom is 0.148 e. The van der Waals surface area contributed by atoms with E-state index in [0.717, 1.165) is 5.82 Å². The zero-order valence-electron chi connectivity index (χ0n) is 6.18. The molecular weight excluding hydrogens is 220 g/mol. The fourth-order valence-corrected chi connectivity index (χ4v) is 1.20. The molecule has 1 aromatic heterocycles. The molecule has 4 nitrogen and oxygen atoms in total. The molecule has 1 aromatic rings. The molecule has 0 saturated carbocycles. The van der Waals surface area contributed by atoms with Crippen molar-refractivity contribution in [2.75, 3.05) is 5.01 Å². The highest BCUT2D eigenvalue weighted by Gasteiger charge is 2.10. The number of hydrogen-bond acceptors (Lipinski definition) is 4. The van der Waals surface area contributed by atoms with Crippen molar-refractivity contribution in [2.45, 2.75) is 0 Å². The van der Waals surface area contributed by atoms with Crippen LogP contribution in [-0.2, 0) is 0 Å². The fraction of sp³-hybridized carbons (Fsp3) is 0. The highest BCUT2D eigenvalue weighted by molar-refractivity contribution is 9.07. The van der Waals surface area contributed by atoms with E-state index in [0.29, 0.717) is 0 Å². The first-order chi connectivity index (χ1) is 5.86. The second-order valence-electron chi connectivity index (χ2n) is 2.27. The summed E-state index contributed by atoms with van der Waals surface area (Å²) in [5.74, 6) is 0.857. The minimum absolute atomic E-state index is 0.857. The lowest BCUT2D eigenvalue weighted by atomic mass is 10.4. The van der Waals surface area contributed by atoms with Crippen molar-refractivity contribution < 1.29 is 0 Å². The molecule has 1 aliphatic rings. The SMILES string of the molecule is BrN1C=CN(c2ccccn2)N1. The van der Waals surface area contributed by atoms with E-state index in [1.165, 1.54) is 0 Å². The largest absolute Gasteiger partial charge is 0.247 e. The lowest BCUT2D eigenvalue weighted by molar-refractivity contribution is 0.505. The van der Waals surface area contributed by atoms with Gasteiger partial charge in [0.2, 0.25) is 0 Å². The minimum Gasteiger partial charge on any atom is -0.247 e. The average molecular weight is 227 g/mol. The normalized spacial score (nSPS) is 15.8. The van der Waals surface area contributed by atoms with E-state index >= 15 is 0 Å². The van der Waals surface area contributed by atoms with Crippen molar-refractivity contribution in [3.05, 3.63) is 36.8 Å². The van der Waals surface area contributed by atoms with Gasteiger partial charge in [-0.05, 0) is 12.1 Å². The van der Waals surface area contributed by atoms with Crippen LogP contribution < -0.4 is 10.5 Å². The van der Waals surface area contributed by atoms with Crippen molar-refractivity contribution in [2.24, 2.45) is 0 Å². The summed E-state index contributed by atoms with van der Waals surface area (Å²) in [7, 11) is 0. The lowest BCUT2D eigenvalue weighted by Crippen LogP contribution is -2.34. The Bertz CT molecular complexity index is 287. The summed E-state index contributed by atoms with van der Waals surface area (Å²) < 4.78 is 1.67. The molecule has 0 spiro atoms. The van der Waals surface area contributed by atoms with Crippen LogP contribution in [0.1, 0.15) is 0 Å². The number of hydrazine groups is 2. The van der Waals surface area contributed by atoms with Gasteiger partial charge in [-0.2, -0.15) is 0 Å². The molecule has 0 saturated heterocycles. The van der Waals surface area contributed by atoms with Gasteiger partial charge in [0.25, 0.3) is 0 Å². The third kappa shape index (κ3) is 1.41. The molecule has 0 amide bonds. The van der Waals surface area contributed by atoms with Crippen molar-refractivity contribution in [1.82, 2.24) is 14.6 Å². The van der Waals surface area contributed by atoms with Gasteiger partial charge in [0.05, 0.1) is 16.1 Å². The Morgan fingerprint density at radius 3 is 2.83 bits per heavy atom. The van der Waals surface area contributed by atoms with Crippen LogP contribution in [0.25, 0.3) is 0 Å². The molecule has 62 valence electrons. The number of aromatic nitrogens is 1. The Morgan fingerprint density at radius 1 is 1.33 bits per heavy atom. The van der Waals surface area contributed by atoms with E-state index < -0.39 is 0 Å². The first kappa shape index (κ1) is 7.57. The summed E-state index contributed by atoms with van der Waals surface area (Å²) >= 11 is 3.24. The van der Waals surface area contributed by atoms with Gasteiger partial charge in [0.15, 0.2) is 0 Å². The number of hydrogen-bond donors (Lipinski definition) is 1. The number of halogens is 1. The molecule has 5 heteroatoms. The maximum absolute atomic E-state index is 4.16. The van der Waals surface area contributed by atoms with Gasteiger partial charge in [0.1, 0.15) is 5.82 Å². The average Bonchev–Trinajstić information content (AvgIpc) is 2.54. The number of rotatable bonds is 1. The molecule has 2 rings (SSSR count). The van der Waals surface area contributed by atoms with E-state index in [-0.39, 0.29) is 0 Å². The van der Waals surface area contributed by atoms with Crippen LogP contribution >= 0.6 is 16.1 Å². The topological polar surface area (TPSA) is 31.4 Å². The molecule has 0 fully saturated rings. The van der Waals surface area contributed by atoms with Crippen molar-refractivity contribution >= 4 is 22.0 Å². The Hall–Kier alpha value is -1.07. The third-order valence-corrected chi connectivity index (χ3v) is 1.84. The zero-order valence-corrected chi connectivity index (χ0v) is 7.77. The van der Waals surface area contributed by atoms with E-state index in [4.69, 9.17) is 0 Å². The Morgan fingerprint density at radius 2 is 2.25 bits per heavy atom. The summed E-state index contributed by atoms with van der Waals surface area (Å²) in [6.45, 7) is 0. The summed E-state index contributed by atoms with van der Waals surface area (Å²) in [6.07, 6.45) is 5.47. The monoisotopic (exact) mass is 226 g/mol. The Kier molecular flexibility index (Phi) is 1.97. The Balaban J connectivity index is 2.18. The molecule has 2 heterocycles. The quantitative estimate of drug-likeness (QED) is 0.735. The first-order valence-electron chi connectivity index (χ1n) is 3.46. The van der Waals surface area contributed by atoms with Gasteiger partial charge >= 0.3 is 0 Å². The highest BCUT2D eigenvalue weighted by atomic mass is 79.9. The van der Waals surface area contributed by atoms with Gasteiger partial charge in [-0.15, -0.1) is 5.53 Å². The number of anilines is 1. The van der Waals surface area contributed by atoms with Gasteiger partial charge < -0.3 is 0 Å². The molecule has 1 N–H and O–H groups in total. The fourth-order valence-electron chi connectivity index (χ4n) is 0.919. The smallest absolute Gasteiger partial charge is 0.148 e. The zero-order chi connectivity index (χ0) is 8.39. The second kappa shape index (κ2) is 3.12. The van der Waals surface area contributed by atoms with Crippen LogP contribution in [-0.4, -0.2) is 9.02 Å². The predicted molar refractivity (Wildman–Crippen MR) is 49.8 cm³/mol. The molecule has 1 aliphatic heterocycles. The molecular formula is C7H7BrN4. The van der Waals surface area contributed by atoms with Crippen LogP contribution in [0, 0.1) is 0 Å². The minimum atomic E-state index is 0.857. The molecule has 0 bridgehead atoms. The number of nitrogens with zero attached hydrogens (tertiary/aromatic N) is 3. The van der Waals surface area contributed by atoms with E-state index in [9.17, 15) is 0 Å². The van der Waals surface area contributed by atoms with E-state index in [1.54, 1.807) is 15.2 Å². The Labute approximate surface area is 78.8 Å². The van der Waals surface area contributed by atoms with Crippen LogP contribution in [0.2, 0.25) is 0 Å². The van der Waals surface area contributed by atoms with Crippen molar-refractivity contribution in [3.8, 4) is 0 Å². The maximum atomic E-state index is 4.16. The van der Waals surface area contributed by atoms with Gasteiger partial charge in [-0.1, -0.05) is 6.07 Å². The number of pyridine rings is 1. The molecule has 0 aromatic carbocycles. The summed E-state index contributed by atoms with van der Waals surface area (Å²) in [5.41, 5.74) is 2.98. The van der Waals surface area contributed by atoms with Crippen LogP contribution in [0.15, 0.2) is 36.8 Å². The van der Waals surface area contributed by atoms with Crippen LogP contribution in [0.4, 0.5) is 5.82 Å². The lowest BCUT2D eigenvalue weighted by Gasteiger charge is -2.16. The van der Waals surface area contributed by atoms with Crippen LogP contribution in [0.5, 0.6) is 0 Å². The molecule has 0 atom stereocenters.